The minimum atomic E-state index is 0.168. The summed E-state index contributed by atoms with van der Waals surface area (Å²) in [6.07, 6.45) is 4.70. The lowest BCUT2D eigenvalue weighted by molar-refractivity contribution is -0.125. The van der Waals surface area contributed by atoms with Crippen LogP contribution in [0.25, 0.3) is 0 Å². The molecule has 2 fully saturated rings. The molecule has 2 aliphatic heterocycles. The second kappa shape index (κ2) is 5.28. The molecule has 0 aromatic rings. The normalized spacial score (nSPS) is 36.5. The minimum Gasteiger partial charge on any atom is -0.381 e. The fourth-order valence-corrected chi connectivity index (χ4v) is 2.88. The molecule has 0 spiro atoms. The monoisotopic (exact) mass is 225 g/mol. The van der Waals surface area contributed by atoms with E-state index in [1.807, 2.05) is 0 Å². The Bertz CT molecular complexity index is 238. The van der Waals surface area contributed by atoms with E-state index >= 15 is 0 Å². The van der Waals surface area contributed by atoms with Crippen LogP contribution in [0.2, 0.25) is 0 Å². The predicted octanol–water partition coefficient (Wildman–Crippen LogP) is 1.85. The molecule has 16 heavy (non-hydrogen) atoms. The molecule has 3 unspecified atom stereocenters. The number of ether oxygens (including phenoxy) is 1. The quantitative estimate of drug-likeness (QED) is 0.734. The van der Waals surface area contributed by atoms with Crippen LogP contribution in [0.15, 0.2) is 0 Å². The third-order valence-electron chi connectivity index (χ3n) is 4.10. The predicted molar refractivity (Wildman–Crippen MR) is 63.4 cm³/mol. The topological polar surface area (TPSA) is 29.5 Å². The first-order valence-electron chi connectivity index (χ1n) is 6.54. The minimum absolute atomic E-state index is 0.168. The van der Waals surface area contributed by atoms with Crippen molar-refractivity contribution in [2.75, 3.05) is 19.8 Å². The Morgan fingerprint density at radius 3 is 2.50 bits per heavy atom. The van der Waals surface area contributed by atoms with Crippen molar-refractivity contribution < 1.29 is 9.53 Å². The van der Waals surface area contributed by atoms with Gasteiger partial charge in [-0.3, -0.25) is 9.69 Å². The number of piperidine rings is 1. The maximum absolute atomic E-state index is 12.1. The average Bonchev–Trinajstić information content (AvgIpc) is 2.76. The van der Waals surface area contributed by atoms with E-state index in [-0.39, 0.29) is 5.92 Å². The number of ketones is 1. The van der Waals surface area contributed by atoms with Gasteiger partial charge in [0.1, 0.15) is 0 Å². The SMILES string of the molecule is CC1CCCC(C)N1CC(=O)C1CCOC1. The van der Waals surface area contributed by atoms with Crippen LogP contribution < -0.4 is 0 Å². The van der Waals surface area contributed by atoms with E-state index in [9.17, 15) is 4.79 Å². The van der Waals surface area contributed by atoms with Crippen LogP contribution in [-0.4, -0.2) is 42.5 Å². The molecule has 3 nitrogen and oxygen atoms in total. The van der Waals surface area contributed by atoms with Crippen molar-refractivity contribution in [2.24, 2.45) is 5.92 Å². The first kappa shape index (κ1) is 12.1. The molecular weight excluding hydrogens is 202 g/mol. The first-order valence-corrected chi connectivity index (χ1v) is 6.54. The number of likely N-dealkylation sites (tertiary alicyclic amines) is 1. The fraction of sp³-hybridized carbons (Fsp3) is 0.923. The maximum Gasteiger partial charge on any atom is 0.152 e. The average molecular weight is 225 g/mol. The van der Waals surface area contributed by atoms with E-state index in [0.29, 0.717) is 31.0 Å². The molecule has 2 heterocycles. The van der Waals surface area contributed by atoms with Crippen LogP contribution in [0.5, 0.6) is 0 Å². The summed E-state index contributed by atoms with van der Waals surface area (Å²) in [6, 6.07) is 1.13. The van der Waals surface area contributed by atoms with Gasteiger partial charge >= 0.3 is 0 Å². The van der Waals surface area contributed by atoms with Gasteiger partial charge < -0.3 is 4.74 Å². The number of hydrogen-bond acceptors (Lipinski definition) is 3. The van der Waals surface area contributed by atoms with Gasteiger partial charge in [-0.05, 0) is 33.1 Å². The van der Waals surface area contributed by atoms with Gasteiger partial charge in [-0.1, -0.05) is 6.42 Å². The molecular formula is C13H23NO2. The highest BCUT2D eigenvalue weighted by Gasteiger charge is 2.30. The van der Waals surface area contributed by atoms with Gasteiger partial charge in [0, 0.05) is 24.6 Å². The number of rotatable bonds is 3. The van der Waals surface area contributed by atoms with E-state index in [2.05, 4.69) is 18.7 Å². The third kappa shape index (κ3) is 2.64. The molecule has 0 saturated carbocycles. The van der Waals surface area contributed by atoms with Gasteiger partial charge in [0.05, 0.1) is 13.2 Å². The fourth-order valence-electron chi connectivity index (χ4n) is 2.88. The highest BCUT2D eigenvalue weighted by molar-refractivity contribution is 5.83. The molecule has 2 rings (SSSR count). The zero-order valence-electron chi connectivity index (χ0n) is 10.4. The van der Waals surface area contributed by atoms with Crippen LogP contribution in [0.3, 0.4) is 0 Å². The Hall–Kier alpha value is -0.410. The number of carbonyl (C=O) groups excluding carboxylic acids is 1. The van der Waals surface area contributed by atoms with Gasteiger partial charge in [0.25, 0.3) is 0 Å². The number of nitrogens with zero attached hydrogens (tertiary/aromatic N) is 1. The molecule has 3 heteroatoms. The Labute approximate surface area is 98.1 Å². The van der Waals surface area contributed by atoms with E-state index in [1.165, 1.54) is 19.3 Å². The summed E-state index contributed by atoms with van der Waals surface area (Å²) in [5.74, 6) is 0.555. The second-order valence-electron chi connectivity index (χ2n) is 5.33. The van der Waals surface area contributed by atoms with Crippen molar-refractivity contribution in [1.82, 2.24) is 4.90 Å². The summed E-state index contributed by atoms with van der Waals surface area (Å²) in [7, 11) is 0. The lowest BCUT2D eigenvalue weighted by Gasteiger charge is -2.38. The third-order valence-corrected chi connectivity index (χ3v) is 4.10. The number of Topliss-reactive ketones (excluding diaryl/α,β-unsaturated/α-hetero) is 1. The van der Waals surface area contributed by atoms with E-state index in [1.54, 1.807) is 0 Å². The molecule has 3 atom stereocenters. The van der Waals surface area contributed by atoms with E-state index in [4.69, 9.17) is 4.74 Å². The highest BCUT2D eigenvalue weighted by atomic mass is 16.5. The maximum atomic E-state index is 12.1. The van der Waals surface area contributed by atoms with Crippen LogP contribution in [-0.2, 0) is 9.53 Å². The molecule has 2 aliphatic rings. The standard InChI is InChI=1S/C13H23NO2/c1-10-4-3-5-11(2)14(10)8-13(15)12-6-7-16-9-12/h10-12H,3-9H2,1-2H3. The largest absolute Gasteiger partial charge is 0.381 e. The van der Waals surface area contributed by atoms with Gasteiger partial charge in [-0.25, -0.2) is 0 Å². The Balaban J connectivity index is 1.88. The summed E-state index contributed by atoms with van der Waals surface area (Å²) < 4.78 is 5.28. The van der Waals surface area contributed by atoms with Crippen molar-refractivity contribution in [3.8, 4) is 0 Å². The second-order valence-corrected chi connectivity index (χ2v) is 5.33. The molecule has 92 valence electrons. The van der Waals surface area contributed by atoms with Gasteiger partial charge in [-0.15, -0.1) is 0 Å². The van der Waals surface area contributed by atoms with Gasteiger partial charge in [0.2, 0.25) is 0 Å². The summed E-state index contributed by atoms with van der Waals surface area (Å²) in [5, 5.41) is 0. The van der Waals surface area contributed by atoms with Crippen LogP contribution in [0, 0.1) is 5.92 Å². The lowest BCUT2D eigenvalue weighted by atomic mass is 9.95. The highest BCUT2D eigenvalue weighted by Crippen LogP contribution is 2.23. The van der Waals surface area contributed by atoms with Gasteiger partial charge in [-0.2, -0.15) is 0 Å². The van der Waals surface area contributed by atoms with Gasteiger partial charge in [0.15, 0.2) is 5.78 Å². The van der Waals surface area contributed by atoms with Crippen molar-refractivity contribution in [3.05, 3.63) is 0 Å². The first-order chi connectivity index (χ1) is 7.68. The van der Waals surface area contributed by atoms with Crippen molar-refractivity contribution >= 4 is 5.78 Å². The smallest absolute Gasteiger partial charge is 0.152 e. The molecule has 0 amide bonds. The molecule has 0 aromatic carbocycles. The van der Waals surface area contributed by atoms with Crippen LogP contribution in [0.1, 0.15) is 39.5 Å². The summed E-state index contributed by atoms with van der Waals surface area (Å²) in [5.41, 5.74) is 0. The summed E-state index contributed by atoms with van der Waals surface area (Å²) in [4.78, 5) is 14.5. The zero-order chi connectivity index (χ0) is 11.5. The molecule has 0 bridgehead atoms. The van der Waals surface area contributed by atoms with Crippen molar-refractivity contribution in [3.63, 3.8) is 0 Å². The number of hydrogen-bond donors (Lipinski definition) is 0. The zero-order valence-corrected chi connectivity index (χ0v) is 10.4. The molecule has 0 aliphatic carbocycles. The Kier molecular flexibility index (Phi) is 3.98. The molecule has 0 aromatic heterocycles. The van der Waals surface area contributed by atoms with Crippen LogP contribution >= 0.6 is 0 Å². The lowest BCUT2D eigenvalue weighted by Crippen LogP contribution is -2.47. The van der Waals surface area contributed by atoms with E-state index in [0.717, 1.165) is 13.0 Å². The molecule has 2 saturated heterocycles. The van der Waals surface area contributed by atoms with Crippen LogP contribution in [0.4, 0.5) is 0 Å². The molecule has 0 radical (unpaired) electrons. The van der Waals surface area contributed by atoms with Crippen molar-refractivity contribution in [1.29, 1.82) is 0 Å². The Morgan fingerprint density at radius 1 is 1.25 bits per heavy atom. The number of carbonyl (C=O) groups is 1. The van der Waals surface area contributed by atoms with Crippen molar-refractivity contribution in [2.45, 2.75) is 51.6 Å². The summed E-state index contributed by atoms with van der Waals surface area (Å²) >= 11 is 0. The molecule has 0 N–H and O–H groups in total. The summed E-state index contributed by atoms with van der Waals surface area (Å²) in [6.45, 7) is 6.54. The Morgan fingerprint density at radius 2 is 1.94 bits per heavy atom. The van der Waals surface area contributed by atoms with E-state index < -0.39 is 0 Å².